The van der Waals surface area contributed by atoms with Crippen LogP contribution in [0, 0.1) is 0 Å². The van der Waals surface area contributed by atoms with Gasteiger partial charge < -0.3 is 9.64 Å². The molecule has 4 aromatic rings. The van der Waals surface area contributed by atoms with E-state index in [1.54, 1.807) is 4.90 Å². The molecular formula is C29H23NO3. The first-order valence-corrected chi connectivity index (χ1v) is 11.3. The smallest absolute Gasteiger partial charge is 0.323 e. The summed E-state index contributed by atoms with van der Waals surface area (Å²) in [7, 11) is 0. The molecular weight excluding hydrogens is 410 g/mol. The van der Waals surface area contributed by atoms with Gasteiger partial charge in [-0.15, -0.1) is 0 Å². The Kier molecular flexibility index (Phi) is 4.21. The van der Waals surface area contributed by atoms with E-state index >= 15 is 0 Å². The van der Waals surface area contributed by atoms with Crippen LogP contribution in [0.3, 0.4) is 0 Å². The van der Waals surface area contributed by atoms with Crippen LogP contribution in [0.5, 0.6) is 0 Å². The number of amides is 1. The zero-order chi connectivity index (χ0) is 22.6. The van der Waals surface area contributed by atoms with Gasteiger partial charge in [-0.25, -0.2) is 0 Å². The predicted octanol–water partition coefficient (Wildman–Crippen LogP) is 5.49. The Hall–Kier alpha value is -3.92. The van der Waals surface area contributed by atoms with Gasteiger partial charge in [0.1, 0.15) is 5.41 Å². The second kappa shape index (κ2) is 7.04. The summed E-state index contributed by atoms with van der Waals surface area (Å²) in [5.74, 6) is -0.521. The van der Waals surface area contributed by atoms with Crippen LogP contribution < -0.4 is 4.90 Å². The van der Waals surface area contributed by atoms with Crippen molar-refractivity contribution in [3.8, 4) is 0 Å². The van der Waals surface area contributed by atoms with Gasteiger partial charge in [-0.1, -0.05) is 91.9 Å². The maximum Gasteiger partial charge on any atom is 0.323 e. The number of fused-ring (bicyclic) bond motifs is 3. The summed E-state index contributed by atoms with van der Waals surface area (Å²) in [6.07, 6.45) is 0.462. The molecule has 4 heteroatoms. The number of rotatable bonds is 4. The molecule has 1 amide bonds. The predicted molar refractivity (Wildman–Crippen MR) is 128 cm³/mol. The molecule has 0 N–H and O–H groups in total. The number of anilines is 1. The van der Waals surface area contributed by atoms with E-state index in [1.807, 2.05) is 104 Å². The van der Waals surface area contributed by atoms with E-state index in [1.165, 1.54) is 0 Å². The molecule has 4 nitrogen and oxygen atoms in total. The molecule has 1 spiro atoms. The molecule has 0 saturated carbocycles. The fraction of sp³-hybridized carbons (Fsp3) is 0.172. The molecule has 0 aliphatic carbocycles. The fourth-order valence-corrected chi connectivity index (χ4v) is 5.64. The molecule has 1 saturated heterocycles. The van der Waals surface area contributed by atoms with Crippen LogP contribution in [-0.2, 0) is 31.9 Å². The van der Waals surface area contributed by atoms with Crippen molar-refractivity contribution in [1.82, 2.24) is 0 Å². The van der Waals surface area contributed by atoms with Gasteiger partial charge in [0.05, 0.1) is 12.2 Å². The molecule has 0 aromatic heterocycles. The maximum atomic E-state index is 14.2. The average Bonchev–Trinajstić information content (AvgIpc) is 3.10. The van der Waals surface area contributed by atoms with E-state index in [2.05, 4.69) is 0 Å². The average molecular weight is 434 g/mol. The monoisotopic (exact) mass is 433 g/mol. The number of ether oxygens (including phenoxy) is 1. The number of hydrogen-bond donors (Lipinski definition) is 0. The number of benzene rings is 4. The summed E-state index contributed by atoms with van der Waals surface area (Å²) in [4.78, 5) is 29.3. The van der Waals surface area contributed by atoms with E-state index in [-0.39, 0.29) is 11.9 Å². The Balaban J connectivity index is 1.54. The third-order valence-electron chi connectivity index (χ3n) is 7.27. The van der Waals surface area contributed by atoms with Crippen molar-refractivity contribution < 1.29 is 14.3 Å². The first-order chi connectivity index (χ1) is 16.1. The lowest BCUT2D eigenvalue weighted by molar-refractivity contribution is -0.223. The Morgan fingerprint density at radius 2 is 1.48 bits per heavy atom. The summed E-state index contributed by atoms with van der Waals surface area (Å²) >= 11 is 0. The highest BCUT2D eigenvalue weighted by atomic mass is 16.6. The van der Waals surface area contributed by atoms with Crippen LogP contribution in [0.25, 0.3) is 10.8 Å². The van der Waals surface area contributed by atoms with Gasteiger partial charge in [0.15, 0.2) is 0 Å². The number of hydrogen-bond acceptors (Lipinski definition) is 3. The number of nitrogens with zero attached hydrogens (tertiary/aromatic N) is 1. The highest BCUT2D eigenvalue weighted by Crippen LogP contribution is 2.62. The lowest BCUT2D eigenvalue weighted by Crippen LogP contribution is -2.70. The van der Waals surface area contributed by atoms with Crippen molar-refractivity contribution in [3.05, 3.63) is 114 Å². The zero-order valence-electron chi connectivity index (χ0n) is 18.3. The molecule has 0 radical (unpaired) electrons. The van der Waals surface area contributed by atoms with E-state index in [4.69, 9.17) is 4.74 Å². The maximum absolute atomic E-state index is 14.2. The highest BCUT2D eigenvalue weighted by molar-refractivity contribution is 6.16. The fourth-order valence-electron chi connectivity index (χ4n) is 5.64. The Morgan fingerprint density at radius 1 is 0.788 bits per heavy atom. The van der Waals surface area contributed by atoms with Gasteiger partial charge in [-0.05, 0) is 40.5 Å². The minimum atomic E-state index is -1.35. The second-order valence-electron chi connectivity index (χ2n) is 8.79. The molecule has 1 fully saturated rings. The number of para-hydroxylation sites is 1. The van der Waals surface area contributed by atoms with Crippen molar-refractivity contribution in [3.63, 3.8) is 0 Å². The molecule has 0 unspecified atom stereocenters. The van der Waals surface area contributed by atoms with Gasteiger partial charge in [0.25, 0.3) is 5.91 Å². The topological polar surface area (TPSA) is 46.6 Å². The van der Waals surface area contributed by atoms with Crippen molar-refractivity contribution in [2.24, 2.45) is 0 Å². The summed E-state index contributed by atoms with van der Waals surface area (Å²) < 4.78 is 5.94. The zero-order valence-corrected chi connectivity index (χ0v) is 18.3. The lowest BCUT2D eigenvalue weighted by atomic mass is 9.58. The molecule has 2 heterocycles. The van der Waals surface area contributed by atoms with Crippen LogP contribution in [0.15, 0.2) is 97.1 Å². The van der Waals surface area contributed by atoms with E-state index in [9.17, 15) is 9.59 Å². The van der Waals surface area contributed by atoms with Gasteiger partial charge >= 0.3 is 5.97 Å². The van der Waals surface area contributed by atoms with Gasteiger partial charge in [0.2, 0.25) is 5.60 Å². The third-order valence-corrected chi connectivity index (χ3v) is 7.27. The van der Waals surface area contributed by atoms with Crippen molar-refractivity contribution in [2.45, 2.75) is 30.9 Å². The Labute approximate surface area is 192 Å². The third kappa shape index (κ3) is 2.46. The summed E-state index contributed by atoms with van der Waals surface area (Å²) in [5.41, 5.74) is 0.987. The highest BCUT2D eigenvalue weighted by Gasteiger charge is 2.77. The van der Waals surface area contributed by atoms with Crippen LogP contribution in [0.1, 0.15) is 30.0 Å². The standard InChI is InChI=1S/C29H23NO3/c1-2-28(23-17-16-21-12-6-7-13-22(21)18-23)27(32)33-29(28)24-14-8-9-15-25(24)30(26(29)31)19-20-10-4-3-5-11-20/h3-18H,2,19H2,1H3/t28-,29-/m1/s1. The lowest BCUT2D eigenvalue weighted by Gasteiger charge is -2.53. The minimum absolute atomic E-state index is 0.179. The normalized spacial score (nSPS) is 23.5. The van der Waals surface area contributed by atoms with Crippen LogP contribution in [0.4, 0.5) is 5.69 Å². The first kappa shape index (κ1) is 19.7. The summed E-state index contributed by atoms with van der Waals surface area (Å²) in [5, 5.41) is 2.13. The molecule has 4 aromatic carbocycles. The van der Waals surface area contributed by atoms with E-state index < -0.39 is 11.0 Å². The Bertz CT molecular complexity index is 1410. The molecule has 2 aliphatic heterocycles. The second-order valence-corrected chi connectivity index (χ2v) is 8.79. The summed E-state index contributed by atoms with van der Waals surface area (Å²) in [6.45, 7) is 2.39. The van der Waals surface area contributed by atoms with Crippen molar-refractivity contribution in [2.75, 3.05) is 4.90 Å². The van der Waals surface area contributed by atoms with Crippen LogP contribution in [0.2, 0.25) is 0 Å². The molecule has 2 aliphatic rings. The van der Waals surface area contributed by atoms with Crippen LogP contribution in [-0.4, -0.2) is 11.9 Å². The largest absolute Gasteiger partial charge is 0.441 e. The van der Waals surface area contributed by atoms with E-state index in [0.717, 1.165) is 33.2 Å². The van der Waals surface area contributed by atoms with Crippen LogP contribution >= 0.6 is 0 Å². The van der Waals surface area contributed by atoms with Crippen molar-refractivity contribution in [1.29, 1.82) is 0 Å². The number of carbonyl (C=O) groups is 2. The Morgan fingerprint density at radius 3 is 2.24 bits per heavy atom. The molecule has 6 rings (SSSR count). The molecule has 0 bridgehead atoms. The summed E-state index contributed by atoms with van der Waals surface area (Å²) in [6, 6.07) is 31.7. The SMILES string of the molecule is CC[C@@]1(c2ccc3ccccc3c2)C(=O)O[C@]12C(=O)N(Cc1ccccc1)c1ccccc12. The van der Waals surface area contributed by atoms with Gasteiger partial charge in [-0.3, -0.25) is 9.59 Å². The number of carbonyl (C=O) groups excluding carboxylic acids is 2. The van der Waals surface area contributed by atoms with Gasteiger partial charge in [-0.2, -0.15) is 0 Å². The minimum Gasteiger partial charge on any atom is -0.441 e. The number of esters is 1. The van der Waals surface area contributed by atoms with Gasteiger partial charge in [0, 0.05) is 5.56 Å². The van der Waals surface area contributed by atoms with Crippen molar-refractivity contribution >= 4 is 28.3 Å². The molecule has 2 atom stereocenters. The van der Waals surface area contributed by atoms with E-state index in [0.29, 0.717) is 13.0 Å². The molecule has 33 heavy (non-hydrogen) atoms. The molecule has 162 valence electrons. The first-order valence-electron chi connectivity index (χ1n) is 11.3. The quantitative estimate of drug-likeness (QED) is 0.400.